The topological polar surface area (TPSA) is 71.1 Å². The zero-order chi connectivity index (χ0) is 42.6. The Kier molecular flexibility index (Phi) is 12.5. The van der Waals surface area contributed by atoms with Crippen molar-refractivity contribution in [2.24, 2.45) is 0 Å². The Balaban J connectivity index is 1.09. The maximum absolute atomic E-state index is 13.7. The van der Waals surface area contributed by atoms with Gasteiger partial charge in [0.2, 0.25) is 9.84 Å². The van der Waals surface area contributed by atoms with Crippen molar-refractivity contribution in [3.63, 3.8) is 0 Å². The number of ether oxygens (including phenoxy) is 4. The van der Waals surface area contributed by atoms with E-state index in [2.05, 4.69) is 128 Å². The van der Waals surface area contributed by atoms with Gasteiger partial charge in [-0.1, -0.05) is 114 Å². The van der Waals surface area contributed by atoms with E-state index in [9.17, 15) is 8.42 Å². The summed E-state index contributed by atoms with van der Waals surface area (Å²) in [4.78, 5) is 0.371. The minimum absolute atomic E-state index is 0.183. The SMILES string of the molecule is CCC(C)(OC)c1ccc(C(C)(C)c2ccc(Oc3ccc(S(=O)(=O)c4ccc(OC(C)(CC)c5ccc(C(C)(C)c6ccc(OC)cc6)cc5)cc4)cc3)cc2)cc1. The molecule has 0 N–H and O–H groups in total. The molecule has 0 bridgehead atoms. The summed E-state index contributed by atoms with van der Waals surface area (Å²) in [6, 6.07) is 46.7. The second-order valence-corrected chi connectivity index (χ2v) is 18.6. The van der Waals surface area contributed by atoms with Crippen molar-refractivity contribution in [3.05, 3.63) is 179 Å². The van der Waals surface area contributed by atoms with Crippen LogP contribution in [0.1, 0.15) is 102 Å². The van der Waals surface area contributed by atoms with Gasteiger partial charge in [-0.25, -0.2) is 8.42 Å². The van der Waals surface area contributed by atoms with E-state index in [0.29, 0.717) is 23.7 Å². The number of hydrogen-bond donors (Lipinski definition) is 0. The van der Waals surface area contributed by atoms with Gasteiger partial charge in [0.1, 0.15) is 28.6 Å². The normalized spacial score (nSPS) is 14.2. The van der Waals surface area contributed by atoms with Crippen LogP contribution in [0.3, 0.4) is 0 Å². The minimum Gasteiger partial charge on any atom is -0.497 e. The second kappa shape index (κ2) is 17.1. The van der Waals surface area contributed by atoms with Crippen LogP contribution in [-0.4, -0.2) is 22.6 Å². The van der Waals surface area contributed by atoms with Crippen LogP contribution in [0.4, 0.5) is 0 Å². The Morgan fingerprint density at radius 1 is 0.407 bits per heavy atom. The maximum atomic E-state index is 13.7. The van der Waals surface area contributed by atoms with E-state index >= 15 is 0 Å². The quantitative estimate of drug-likeness (QED) is 0.0969. The molecular formula is C52H58O6S. The molecule has 0 fully saturated rings. The van der Waals surface area contributed by atoms with Crippen LogP contribution in [0.5, 0.6) is 23.0 Å². The molecule has 0 spiro atoms. The van der Waals surface area contributed by atoms with Gasteiger partial charge >= 0.3 is 0 Å². The molecule has 0 heterocycles. The minimum atomic E-state index is -3.78. The van der Waals surface area contributed by atoms with Crippen LogP contribution < -0.4 is 14.2 Å². The van der Waals surface area contributed by atoms with Crippen molar-refractivity contribution in [3.8, 4) is 23.0 Å². The molecule has 0 aliphatic carbocycles. The van der Waals surface area contributed by atoms with Gasteiger partial charge in [0.15, 0.2) is 0 Å². The standard InChI is InChI=1S/C52H58O6S/c1-11-51(7,56-10)41-17-13-37(14-18-41)50(5,6)40-23-27-44(28-24-40)57-45-29-33-47(34-30-45)59(53,54)48-35-31-46(32-36-48)58-52(8,12-2)42-19-15-38(16-20-42)49(3,4)39-21-25-43(55-9)26-22-39/h13-36H,11-12H2,1-10H3. The van der Waals surface area contributed by atoms with Gasteiger partial charge in [-0.15, -0.1) is 0 Å². The van der Waals surface area contributed by atoms with Crippen LogP contribution in [0.15, 0.2) is 155 Å². The first-order valence-electron chi connectivity index (χ1n) is 20.3. The average molecular weight is 811 g/mol. The van der Waals surface area contributed by atoms with E-state index in [4.69, 9.17) is 18.9 Å². The van der Waals surface area contributed by atoms with Crippen molar-refractivity contribution in [1.82, 2.24) is 0 Å². The molecule has 0 aliphatic heterocycles. The van der Waals surface area contributed by atoms with Crippen LogP contribution in [0.2, 0.25) is 0 Å². The monoisotopic (exact) mass is 810 g/mol. The van der Waals surface area contributed by atoms with Crippen LogP contribution >= 0.6 is 0 Å². The summed E-state index contributed by atoms with van der Waals surface area (Å²) < 4.78 is 51.2. The van der Waals surface area contributed by atoms with Crippen LogP contribution in [-0.2, 0) is 36.6 Å². The molecule has 6 aromatic carbocycles. The average Bonchev–Trinajstić information content (AvgIpc) is 3.26. The summed E-state index contributed by atoms with van der Waals surface area (Å²) in [6.07, 6.45) is 1.60. The lowest BCUT2D eigenvalue weighted by molar-refractivity contribution is -0.00142. The smallest absolute Gasteiger partial charge is 0.206 e. The van der Waals surface area contributed by atoms with E-state index in [0.717, 1.165) is 28.9 Å². The molecule has 6 rings (SSSR count). The predicted octanol–water partition coefficient (Wildman–Crippen LogP) is 12.9. The molecule has 308 valence electrons. The molecule has 2 atom stereocenters. The third-order valence-corrected chi connectivity index (χ3v) is 14.3. The highest BCUT2D eigenvalue weighted by atomic mass is 32.2. The van der Waals surface area contributed by atoms with Gasteiger partial charge in [0.25, 0.3) is 0 Å². The van der Waals surface area contributed by atoms with Gasteiger partial charge < -0.3 is 18.9 Å². The molecule has 0 saturated carbocycles. The van der Waals surface area contributed by atoms with Crippen molar-refractivity contribution < 1.29 is 27.4 Å². The second-order valence-electron chi connectivity index (χ2n) is 16.7. The third kappa shape index (κ3) is 8.97. The third-order valence-electron chi connectivity index (χ3n) is 12.5. The van der Waals surface area contributed by atoms with E-state index in [1.165, 1.54) is 16.7 Å². The molecule has 0 saturated heterocycles. The lowest BCUT2D eigenvalue weighted by Crippen LogP contribution is -2.29. The Bertz CT molecular complexity index is 2410. The van der Waals surface area contributed by atoms with Crippen molar-refractivity contribution >= 4 is 9.84 Å². The van der Waals surface area contributed by atoms with Crippen molar-refractivity contribution in [2.75, 3.05) is 14.2 Å². The summed E-state index contributed by atoms with van der Waals surface area (Å²) in [5, 5.41) is 0. The predicted molar refractivity (Wildman–Crippen MR) is 238 cm³/mol. The van der Waals surface area contributed by atoms with Crippen LogP contribution in [0, 0.1) is 0 Å². The molecule has 6 nitrogen and oxygen atoms in total. The first-order chi connectivity index (χ1) is 28.0. The molecule has 7 heteroatoms. The zero-order valence-electron chi connectivity index (χ0n) is 36.1. The fraction of sp³-hybridized carbons (Fsp3) is 0.308. The summed E-state index contributed by atoms with van der Waals surface area (Å²) in [7, 11) is -0.349. The Morgan fingerprint density at radius 3 is 1.07 bits per heavy atom. The van der Waals surface area contributed by atoms with Gasteiger partial charge in [0, 0.05) is 17.9 Å². The van der Waals surface area contributed by atoms with Crippen LogP contribution in [0.25, 0.3) is 0 Å². The molecule has 59 heavy (non-hydrogen) atoms. The number of methoxy groups -OCH3 is 2. The van der Waals surface area contributed by atoms with Gasteiger partial charge in [-0.3, -0.25) is 0 Å². The number of hydrogen-bond acceptors (Lipinski definition) is 6. The summed E-state index contributed by atoms with van der Waals surface area (Å²) in [5.74, 6) is 2.63. The van der Waals surface area contributed by atoms with E-state index in [-0.39, 0.29) is 26.2 Å². The van der Waals surface area contributed by atoms with Gasteiger partial charge in [-0.05, 0) is 133 Å². The van der Waals surface area contributed by atoms with E-state index in [1.54, 1.807) is 62.8 Å². The van der Waals surface area contributed by atoms with Crippen molar-refractivity contribution in [2.45, 2.75) is 100 Å². The summed E-state index contributed by atoms with van der Waals surface area (Å²) in [5.41, 5.74) is 5.57. The lowest BCUT2D eigenvalue weighted by atomic mass is 9.77. The highest BCUT2D eigenvalue weighted by Gasteiger charge is 2.30. The highest BCUT2D eigenvalue weighted by Crippen LogP contribution is 2.38. The zero-order valence-corrected chi connectivity index (χ0v) is 36.9. The first-order valence-corrected chi connectivity index (χ1v) is 21.8. The first kappa shape index (κ1) is 43.2. The number of benzene rings is 6. The Hall–Kier alpha value is -5.37. The van der Waals surface area contributed by atoms with Gasteiger partial charge in [-0.2, -0.15) is 0 Å². The number of sulfone groups is 1. The summed E-state index contributed by atoms with van der Waals surface area (Å²) >= 11 is 0. The van der Waals surface area contributed by atoms with E-state index in [1.807, 2.05) is 24.3 Å². The lowest BCUT2D eigenvalue weighted by Gasteiger charge is -2.32. The highest BCUT2D eigenvalue weighted by molar-refractivity contribution is 7.91. The van der Waals surface area contributed by atoms with Crippen molar-refractivity contribution in [1.29, 1.82) is 0 Å². The molecule has 0 radical (unpaired) electrons. The molecule has 0 amide bonds. The molecule has 6 aromatic rings. The van der Waals surface area contributed by atoms with E-state index < -0.39 is 15.4 Å². The molecule has 2 unspecified atom stereocenters. The fourth-order valence-electron chi connectivity index (χ4n) is 7.47. The van der Waals surface area contributed by atoms with Gasteiger partial charge in [0.05, 0.1) is 22.5 Å². The molecule has 0 aliphatic rings. The number of rotatable bonds is 16. The molecular weight excluding hydrogens is 753 g/mol. The maximum Gasteiger partial charge on any atom is 0.206 e. The Morgan fingerprint density at radius 2 is 0.712 bits per heavy atom. The largest absolute Gasteiger partial charge is 0.497 e. The summed E-state index contributed by atoms with van der Waals surface area (Å²) in [6.45, 7) is 17.2. The fourth-order valence-corrected chi connectivity index (χ4v) is 8.73. The Labute approximate surface area is 352 Å². The molecule has 0 aromatic heterocycles.